The number of carbonyl (C=O) groups is 1. The van der Waals surface area contributed by atoms with Crippen molar-refractivity contribution in [3.63, 3.8) is 0 Å². The molecule has 1 aliphatic heterocycles. The summed E-state index contributed by atoms with van der Waals surface area (Å²) in [6.07, 6.45) is 3.54. The zero-order valence-electron chi connectivity index (χ0n) is 11.6. The van der Waals surface area contributed by atoms with Crippen molar-refractivity contribution in [2.45, 2.75) is 6.42 Å². The molecule has 4 nitrogen and oxygen atoms in total. The molecule has 0 radical (unpaired) electrons. The summed E-state index contributed by atoms with van der Waals surface area (Å²) in [6, 6.07) is 4.52. The molecular formula is C15H19FN2O2. The Labute approximate surface area is 118 Å². The van der Waals surface area contributed by atoms with Gasteiger partial charge < -0.3 is 14.9 Å². The van der Waals surface area contributed by atoms with E-state index in [2.05, 4.69) is 16.8 Å². The molecule has 108 valence electrons. The van der Waals surface area contributed by atoms with Gasteiger partial charge in [0.05, 0.1) is 0 Å². The van der Waals surface area contributed by atoms with Crippen molar-refractivity contribution in [2.24, 2.45) is 0 Å². The highest BCUT2D eigenvalue weighted by Gasteiger charge is 2.15. The van der Waals surface area contributed by atoms with Crippen LogP contribution in [0.25, 0.3) is 6.08 Å². The molecule has 2 rings (SSSR count). The number of aliphatic carboxylic acids is 1. The van der Waals surface area contributed by atoms with Gasteiger partial charge in [-0.3, -0.25) is 0 Å². The molecular weight excluding hydrogens is 259 g/mol. The van der Waals surface area contributed by atoms with Gasteiger partial charge in [-0.1, -0.05) is 0 Å². The number of likely N-dealkylation sites (N-methyl/N-ethyl adjacent to an activating group) is 1. The maximum atomic E-state index is 13.4. The lowest BCUT2D eigenvalue weighted by Crippen LogP contribution is -2.29. The van der Waals surface area contributed by atoms with Crippen molar-refractivity contribution >= 4 is 17.7 Å². The predicted molar refractivity (Wildman–Crippen MR) is 77.4 cm³/mol. The second-order valence-corrected chi connectivity index (χ2v) is 5.02. The second-order valence-electron chi connectivity index (χ2n) is 5.02. The molecule has 0 unspecified atom stereocenters. The van der Waals surface area contributed by atoms with Crippen LogP contribution in [0.15, 0.2) is 24.3 Å². The fraction of sp³-hybridized carbons (Fsp3) is 0.400. The smallest absolute Gasteiger partial charge is 0.328 e. The summed E-state index contributed by atoms with van der Waals surface area (Å²) in [5.74, 6) is -1.39. The van der Waals surface area contributed by atoms with E-state index < -0.39 is 5.97 Å². The Morgan fingerprint density at radius 1 is 1.30 bits per heavy atom. The molecule has 1 aromatic rings. The molecule has 1 aromatic carbocycles. The quantitative estimate of drug-likeness (QED) is 0.860. The number of hydrogen-bond donors (Lipinski definition) is 1. The number of hydrogen-bond acceptors (Lipinski definition) is 3. The Bertz CT molecular complexity index is 517. The van der Waals surface area contributed by atoms with Crippen LogP contribution in [0.5, 0.6) is 0 Å². The summed E-state index contributed by atoms with van der Waals surface area (Å²) in [7, 11) is 2.08. The van der Waals surface area contributed by atoms with E-state index in [-0.39, 0.29) is 5.82 Å². The molecule has 0 saturated carbocycles. The van der Waals surface area contributed by atoms with Crippen LogP contribution in [0.3, 0.4) is 0 Å². The lowest BCUT2D eigenvalue weighted by Gasteiger charge is -2.24. The van der Waals surface area contributed by atoms with Crippen molar-refractivity contribution in [3.8, 4) is 0 Å². The number of rotatable bonds is 3. The summed E-state index contributed by atoms with van der Waals surface area (Å²) >= 11 is 0. The highest BCUT2D eigenvalue weighted by molar-refractivity contribution is 5.87. The minimum Gasteiger partial charge on any atom is -0.478 e. The molecule has 1 heterocycles. The maximum Gasteiger partial charge on any atom is 0.328 e. The minimum absolute atomic E-state index is 0.356. The van der Waals surface area contributed by atoms with Crippen LogP contribution in [-0.2, 0) is 4.79 Å². The van der Waals surface area contributed by atoms with E-state index >= 15 is 0 Å². The van der Waals surface area contributed by atoms with Crippen LogP contribution < -0.4 is 4.90 Å². The average molecular weight is 278 g/mol. The predicted octanol–water partition coefficient (Wildman–Crippen LogP) is 2.07. The molecule has 1 N–H and O–H groups in total. The largest absolute Gasteiger partial charge is 0.478 e. The van der Waals surface area contributed by atoms with E-state index in [0.717, 1.165) is 44.4 Å². The van der Waals surface area contributed by atoms with Crippen LogP contribution in [0.2, 0.25) is 0 Å². The fourth-order valence-electron chi connectivity index (χ4n) is 2.40. The number of benzene rings is 1. The second kappa shape index (κ2) is 6.52. The van der Waals surface area contributed by atoms with Gasteiger partial charge in [-0.25, -0.2) is 9.18 Å². The van der Waals surface area contributed by atoms with Crippen LogP contribution in [0, 0.1) is 5.82 Å². The third-order valence-electron chi connectivity index (χ3n) is 3.46. The molecule has 0 spiro atoms. The summed E-state index contributed by atoms with van der Waals surface area (Å²) in [4.78, 5) is 15.1. The van der Waals surface area contributed by atoms with Crippen LogP contribution >= 0.6 is 0 Å². The van der Waals surface area contributed by atoms with E-state index in [1.54, 1.807) is 6.07 Å². The van der Waals surface area contributed by atoms with E-state index in [4.69, 9.17) is 5.11 Å². The maximum absolute atomic E-state index is 13.4. The Morgan fingerprint density at radius 2 is 2.10 bits per heavy atom. The topological polar surface area (TPSA) is 43.8 Å². The van der Waals surface area contributed by atoms with Gasteiger partial charge in [-0.05, 0) is 44.3 Å². The van der Waals surface area contributed by atoms with E-state index in [1.807, 2.05) is 0 Å². The third-order valence-corrected chi connectivity index (χ3v) is 3.46. The van der Waals surface area contributed by atoms with Gasteiger partial charge in [0.15, 0.2) is 0 Å². The Hall–Kier alpha value is -1.88. The summed E-state index contributed by atoms with van der Waals surface area (Å²) < 4.78 is 13.4. The van der Waals surface area contributed by atoms with Gasteiger partial charge in [-0.2, -0.15) is 0 Å². The van der Waals surface area contributed by atoms with Gasteiger partial charge in [-0.15, -0.1) is 0 Å². The summed E-state index contributed by atoms with van der Waals surface area (Å²) in [6.45, 7) is 3.73. The SMILES string of the molecule is CN1CCCN(c2ccc(F)cc2/C=C/C(=O)O)CC1. The summed E-state index contributed by atoms with van der Waals surface area (Å²) in [5.41, 5.74) is 1.50. The van der Waals surface area contributed by atoms with Gasteiger partial charge in [0.2, 0.25) is 0 Å². The molecule has 0 amide bonds. The molecule has 0 atom stereocenters. The first-order valence-corrected chi connectivity index (χ1v) is 6.70. The molecule has 1 saturated heterocycles. The normalized spacial score (nSPS) is 17.4. The lowest BCUT2D eigenvalue weighted by molar-refractivity contribution is -0.131. The number of carboxylic acid groups (broad SMARTS) is 1. The molecule has 5 heteroatoms. The van der Waals surface area contributed by atoms with Crippen LogP contribution in [-0.4, -0.2) is 49.2 Å². The monoisotopic (exact) mass is 278 g/mol. The number of nitrogens with zero attached hydrogens (tertiary/aromatic N) is 2. The van der Waals surface area contributed by atoms with Gasteiger partial charge in [0, 0.05) is 37.0 Å². The minimum atomic E-state index is -1.03. The molecule has 1 fully saturated rings. The standard InChI is InChI=1S/C15H19FN2O2/c1-17-7-2-8-18(10-9-17)14-5-4-13(16)11-12(14)3-6-15(19)20/h3-6,11H,2,7-10H2,1H3,(H,19,20)/b6-3+. The highest BCUT2D eigenvalue weighted by Crippen LogP contribution is 2.24. The molecule has 0 aliphatic carbocycles. The first-order valence-electron chi connectivity index (χ1n) is 6.70. The Kier molecular flexibility index (Phi) is 4.74. The van der Waals surface area contributed by atoms with E-state index in [1.165, 1.54) is 18.2 Å². The molecule has 20 heavy (non-hydrogen) atoms. The van der Waals surface area contributed by atoms with Crippen molar-refractivity contribution in [3.05, 3.63) is 35.7 Å². The van der Waals surface area contributed by atoms with E-state index in [9.17, 15) is 9.18 Å². The van der Waals surface area contributed by atoms with E-state index in [0.29, 0.717) is 5.56 Å². The van der Waals surface area contributed by atoms with Gasteiger partial charge in [0.1, 0.15) is 5.82 Å². The summed E-state index contributed by atoms with van der Waals surface area (Å²) in [5, 5.41) is 8.72. The average Bonchev–Trinajstić information content (AvgIpc) is 2.61. The number of halogens is 1. The van der Waals surface area contributed by atoms with Crippen LogP contribution in [0.1, 0.15) is 12.0 Å². The Morgan fingerprint density at radius 3 is 2.85 bits per heavy atom. The zero-order chi connectivity index (χ0) is 14.5. The Balaban J connectivity index is 2.27. The van der Waals surface area contributed by atoms with Crippen molar-refractivity contribution in [1.29, 1.82) is 0 Å². The first kappa shape index (κ1) is 14.5. The van der Waals surface area contributed by atoms with Crippen molar-refractivity contribution in [1.82, 2.24) is 4.90 Å². The number of anilines is 1. The molecule has 0 bridgehead atoms. The zero-order valence-corrected chi connectivity index (χ0v) is 11.6. The number of carboxylic acids is 1. The van der Waals surface area contributed by atoms with Gasteiger partial charge in [0.25, 0.3) is 0 Å². The van der Waals surface area contributed by atoms with Crippen molar-refractivity contribution < 1.29 is 14.3 Å². The van der Waals surface area contributed by atoms with Gasteiger partial charge >= 0.3 is 5.97 Å². The molecule has 0 aromatic heterocycles. The fourth-order valence-corrected chi connectivity index (χ4v) is 2.40. The molecule has 1 aliphatic rings. The van der Waals surface area contributed by atoms with Crippen molar-refractivity contribution in [2.75, 3.05) is 38.1 Å². The third kappa shape index (κ3) is 3.81. The lowest BCUT2D eigenvalue weighted by atomic mass is 10.1. The first-order chi connectivity index (χ1) is 9.56. The van der Waals surface area contributed by atoms with Crippen LogP contribution in [0.4, 0.5) is 10.1 Å². The highest BCUT2D eigenvalue weighted by atomic mass is 19.1.